The Morgan fingerprint density at radius 3 is 2.12 bits per heavy atom. The smallest absolute Gasteiger partial charge is 0.379 e. The van der Waals surface area contributed by atoms with Gasteiger partial charge in [0, 0.05) is 16.2 Å². The maximum Gasteiger partial charge on any atom is 0.433 e. The van der Waals surface area contributed by atoms with Crippen LogP contribution >= 0.6 is 15.9 Å². The lowest BCUT2D eigenvalue weighted by atomic mass is 10.1. The van der Waals surface area contributed by atoms with Gasteiger partial charge >= 0.3 is 12.4 Å². The van der Waals surface area contributed by atoms with E-state index in [0.29, 0.717) is 6.20 Å². The van der Waals surface area contributed by atoms with Crippen molar-refractivity contribution in [3.8, 4) is 0 Å². The molecular formula is C8H4BrF6NO. The topological polar surface area (TPSA) is 33.1 Å². The van der Waals surface area contributed by atoms with Crippen LogP contribution in [0.5, 0.6) is 0 Å². The molecule has 0 saturated carbocycles. The van der Waals surface area contributed by atoms with E-state index in [1.807, 2.05) is 0 Å². The minimum atomic E-state index is -5.05. The predicted molar refractivity (Wildman–Crippen MR) is 48.0 cm³/mol. The summed E-state index contributed by atoms with van der Waals surface area (Å²) < 4.78 is 72.8. The molecule has 0 saturated heterocycles. The van der Waals surface area contributed by atoms with Gasteiger partial charge in [-0.15, -0.1) is 0 Å². The zero-order valence-electron chi connectivity index (χ0n) is 7.77. The first-order chi connectivity index (χ1) is 7.53. The number of aliphatic hydroxyl groups is 1. The number of hydrogen-bond donors (Lipinski definition) is 1. The van der Waals surface area contributed by atoms with Crippen molar-refractivity contribution in [3.63, 3.8) is 0 Å². The summed E-state index contributed by atoms with van der Waals surface area (Å²) in [7, 11) is 0. The lowest BCUT2D eigenvalue weighted by Gasteiger charge is -2.17. The molecule has 96 valence electrons. The molecule has 0 aliphatic rings. The molecule has 2 nitrogen and oxygen atoms in total. The monoisotopic (exact) mass is 323 g/mol. The van der Waals surface area contributed by atoms with Crippen molar-refractivity contribution in [1.82, 2.24) is 4.98 Å². The Hall–Kier alpha value is -0.830. The van der Waals surface area contributed by atoms with Crippen LogP contribution in [0, 0.1) is 0 Å². The maximum atomic E-state index is 12.2. The zero-order valence-corrected chi connectivity index (χ0v) is 9.36. The van der Waals surface area contributed by atoms with Crippen LogP contribution in [0.2, 0.25) is 0 Å². The van der Waals surface area contributed by atoms with Gasteiger partial charge in [-0.2, -0.15) is 26.3 Å². The summed E-state index contributed by atoms with van der Waals surface area (Å²) in [5.41, 5.74) is -2.43. The summed E-state index contributed by atoms with van der Waals surface area (Å²) >= 11 is 2.60. The number of hydrogen-bond acceptors (Lipinski definition) is 2. The van der Waals surface area contributed by atoms with Crippen molar-refractivity contribution in [2.45, 2.75) is 18.5 Å². The lowest BCUT2D eigenvalue weighted by molar-refractivity contribution is -0.207. The van der Waals surface area contributed by atoms with Gasteiger partial charge in [-0.05, 0) is 22.0 Å². The Morgan fingerprint density at radius 1 is 1.18 bits per heavy atom. The molecular weight excluding hydrogens is 320 g/mol. The molecule has 0 bridgehead atoms. The first-order valence-corrected chi connectivity index (χ1v) is 4.80. The molecule has 9 heteroatoms. The molecule has 17 heavy (non-hydrogen) atoms. The Bertz CT molecular complexity index is 415. The van der Waals surface area contributed by atoms with Crippen LogP contribution in [0.1, 0.15) is 17.4 Å². The van der Waals surface area contributed by atoms with Gasteiger partial charge in [0.2, 0.25) is 0 Å². The SMILES string of the molecule is O[C@@H](c1cc(C(F)(F)F)ncc1Br)C(F)(F)F. The van der Waals surface area contributed by atoms with E-state index < -0.39 is 29.7 Å². The van der Waals surface area contributed by atoms with Gasteiger partial charge in [-0.25, -0.2) is 0 Å². The van der Waals surface area contributed by atoms with Crippen molar-refractivity contribution in [1.29, 1.82) is 0 Å². The van der Waals surface area contributed by atoms with Gasteiger partial charge < -0.3 is 5.11 Å². The molecule has 0 aromatic carbocycles. The van der Waals surface area contributed by atoms with Crippen LogP contribution in [-0.2, 0) is 6.18 Å². The average molecular weight is 324 g/mol. The fourth-order valence-electron chi connectivity index (χ4n) is 0.995. The maximum absolute atomic E-state index is 12.2. The fourth-order valence-corrected chi connectivity index (χ4v) is 1.43. The van der Waals surface area contributed by atoms with E-state index in [-0.39, 0.29) is 10.5 Å². The molecule has 0 amide bonds. The molecule has 1 aromatic heterocycles. The molecule has 1 heterocycles. The Balaban J connectivity index is 3.25. The van der Waals surface area contributed by atoms with Crippen LogP contribution < -0.4 is 0 Å². The highest BCUT2D eigenvalue weighted by molar-refractivity contribution is 9.10. The van der Waals surface area contributed by atoms with E-state index in [4.69, 9.17) is 5.11 Å². The standard InChI is InChI=1S/C8H4BrF6NO/c9-4-2-16-5(7(10,11)12)1-3(4)6(17)8(13,14)15/h1-2,6,17H/t6-/m0/s1. The van der Waals surface area contributed by atoms with Crippen LogP contribution in [0.25, 0.3) is 0 Å². The number of alkyl halides is 6. The normalized spacial score (nSPS) is 14.8. The summed E-state index contributed by atoms with van der Waals surface area (Å²) in [6.07, 6.45) is -12.4. The minimum absolute atomic E-state index is 0.155. The Kier molecular flexibility index (Phi) is 3.72. The van der Waals surface area contributed by atoms with Crippen molar-refractivity contribution in [2.24, 2.45) is 0 Å². The molecule has 0 radical (unpaired) electrons. The zero-order chi connectivity index (χ0) is 13.4. The number of aliphatic hydroxyl groups excluding tert-OH is 1. The van der Waals surface area contributed by atoms with Crippen molar-refractivity contribution in [2.75, 3.05) is 0 Å². The van der Waals surface area contributed by atoms with E-state index in [2.05, 4.69) is 20.9 Å². The van der Waals surface area contributed by atoms with Gasteiger partial charge in [0.1, 0.15) is 5.69 Å². The first-order valence-electron chi connectivity index (χ1n) is 4.01. The average Bonchev–Trinajstić information content (AvgIpc) is 2.14. The minimum Gasteiger partial charge on any atom is -0.379 e. The molecule has 0 aliphatic carbocycles. The quantitative estimate of drug-likeness (QED) is 0.803. The third-order valence-electron chi connectivity index (χ3n) is 1.78. The Labute approximate surface area is 99.4 Å². The number of pyridine rings is 1. The van der Waals surface area contributed by atoms with E-state index in [1.54, 1.807) is 0 Å². The van der Waals surface area contributed by atoms with Crippen molar-refractivity contribution >= 4 is 15.9 Å². The molecule has 1 N–H and O–H groups in total. The van der Waals surface area contributed by atoms with Gasteiger partial charge in [0.05, 0.1) is 0 Å². The fraction of sp³-hybridized carbons (Fsp3) is 0.375. The second-order valence-corrected chi connectivity index (χ2v) is 3.89. The summed E-state index contributed by atoms with van der Waals surface area (Å²) in [5, 5.41) is 8.88. The number of rotatable bonds is 1. The summed E-state index contributed by atoms with van der Waals surface area (Å²) in [4.78, 5) is 2.92. The molecule has 1 rings (SSSR count). The second kappa shape index (κ2) is 4.45. The number of aromatic nitrogens is 1. The van der Waals surface area contributed by atoms with E-state index in [9.17, 15) is 26.3 Å². The summed E-state index contributed by atoms with van der Waals surface area (Å²) in [6, 6.07) is 0.155. The van der Waals surface area contributed by atoms with Crippen LogP contribution in [0.4, 0.5) is 26.3 Å². The highest BCUT2D eigenvalue weighted by Crippen LogP contribution is 2.38. The van der Waals surface area contributed by atoms with Crippen LogP contribution in [0.3, 0.4) is 0 Å². The molecule has 0 spiro atoms. The highest BCUT2D eigenvalue weighted by atomic mass is 79.9. The van der Waals surface area contributed by atoms with E-state index >= 15 is 0 Å². The first kappa shape index (κ1) is 14.2. The number of nitrogens with zero attached hydrogens (tertiary/aromatic N) is 1. The van der Waals surface area contributed by atoms with Gasteiger partial charge in [-0.3, -0.25) is 4.98 Å². The Morgan fingerprint density at radius 2 is 1.71 bits per heavy atom. The largest absolute Gasteiger partial charge is 0.433 e. The molecule has 1 atom stereocenters. The predicted octanol–water partition coefficient (Wildman–Crippen LogP) is 3.46. The molecule has 1 aromatic rings. The van der Waals surface area contributed by atoms with Crippen molar-refractivity contribution < 1.29 is 31.4 Å². The highest BCUT2D eigenvalue weighted by Gasteiger charge is 2.42. The third kappa shape index (κ3) is 3.32. The van der Waals surface area contributed by atoms with Crippen LogP contribution in [-0.4, -0.2) is 16.3 Å². The number of halogens is 7. The van der Waals surface area contributed by atoms with E-state index in [1.165, 1.54) is 0 Å². The summed E-state index contributed by atoms with van der Waals surface area (Å²) in [6.45, 7) is 0. The van der Waals surface area contributed by atoms with Gasteiger partial charge in [0.15, 0.2) is 6.10 Å². The summed E-state index contributed by atoms with van der Waals surface area (Å²) in [5.74, 6) is 0. The molecule has 0 fully saturated rings. The van der Waals surface area contributed by atoms with Gasteiger partial charge in [-0.1, -0.05) is 0 Å². The molecule has 0 aliphatic heterocycles. The van der Waals surface area contributed by atoms with Crippen molar-refractivity contribution in [3.05, 3.63) is 28.0 Å². The van der Waals surface area contributed by atoms with Crippen LogP contribution in [0.15, 0.2) is 16.7 Å². The third-order valence-corrected chi connectivity index (χ3v) is 2.44. The van der Waals surface area contributed by atoms with Gasteiger partial charge in [0.25, 0.3) is 0 Å². The second-order valence-electron chi connectivity index (χ2n) is 3.03. The lowest BCUT2D eigenvalue weighted by Crippen LogP contribution is -2.21. The van der Waals surface area contributed by atoms with E-state index in [0.717, 1.165) is 0 Å². The molecule has 0 unspecified atom stereocenters.